The van der Waals surface area contributed by atoms with Crippen molar-refractivity contribution in [1.29, 1.82) is 0 Å². The number of alkyl halides is 3. The van der Waals surface area contributed by atoms with E-state index in [0.29, 0.717) is 17.6 Å². The summed E-state index contributed by atoms with van der Waals surface area (Å²) >= 11 is 0. The molecule has 0 aliphatic carbocycles. The Hall–Kier alpha value is -2.13. The minimum absolute atomic E-state index is 0.179. The topological polar surface area (TPSA) is 75.8 Å². The van der Waals surface area contributed by atoms with Crippen LogP contribution in [0.3, 0.4) is 0 Å². The smallest absolute Gasteiger partial charge is 0.368 e. The van der Waals surface area contributed by atoms with E-state index in [-0.39, 0.29) is 11.7 Å². The van der Waals surface area contributed by atoms with Crippen molar-refractivity contribution in [2.75, 3.05) is 6.61 Å². The zero-order valence-electron chi connectivity index (χ0n) is 11.4. The predicted molar refractivity (Wildman–Crippen MR) is 75.1 cm³/mol. The van der Waals surface area contributed by atoms with E-state index in [4.69, 9.17) is 4.74 Å². The largest absolute Gasteiger partial charge is 0.516 e. The van der Waals surface area contributed by atoms with Crippen molar-refractivity contribution >= 4 is 26.7 Å². The molecule has 0 aromatic heterocycles. The molecule has 1 unspecified atom stereocenters. The van der Waals surface area contributed by atoms with E-state index in [1.807, 2.05) is 0 Å². The molecule has 1 aliphatic rings. The number of rotatable bonds is 3. The second-order valence-electron chi connectivity index (χ2n) is 4.99. The van der Waals surface area contributed by atoms with E-state index in [9.17, 15) is 26.4 Å². The van der Waals surface area contributed by atoms with Gasteiger partial charge in [0.2, 0.25) is 0 Å². The fourth-order valence-corrected chi connectivity index (χ4v) is 2.68. The molecule has 1 saturated heterocycles. The Morgan fingerprint density at radius 2 is 1.87 bits per heavy atom. The lowest BCUT2D eigenvalue weighted by Crippen LogP contribution is -2.40. The maximum Gasteiger partial charge on any atom is 0.516 e. The van der Waals surface area contributed by atoms with Crippen LogP contribution >= 0.6 is 0 Å². The molecule has 0 radical (unpaired) electrons. The third-order valence-electron chi connectivity index (χ3n) is 3.37. The first-order valence-corrected chi connectivity index (χ1v) is 7.95. The molecule has 1 heterocycles. The molecule has 2 aromatic rings. The summed E-state index contributed by atoms with van der Waals surface area (Å²) in [6, 6.07) is 9.64. The van der Waals surface area contributed by atoms with E-state index in [1.54, 1.807) is 24.3 Å². The zero-order chi connectivity index (χ0) is 16.8. The van der Waals surface area contributed by atoms with Crippen molar-refractivity contribution in [3.63, 3.8) is 0 Å². The van der Waals surface area contributed by atoms with Crippen LogP contribution in [0, 0.1) is 0 Å². The first-order valence-electron chi connectivity index (χ1n) is 6.47. The lowest BCUT2D eigenvalue weighted by Gasteiger charge is -2.11. The second-order valence-corrected chi connectivity index (χ2v) is 6.66. The molecule has 1 atom stereocenters. The minimum atomic E-state index is -5.75. The Morgan fingerprint density at radius 3 is 2.48 bits per heavy atom. The normalized spacial score (nSPS) is 18.0. The number of hydrogen-bond donors (Lipinski definition) is 1. The van der Waals surface area contributed by atoms with Crippen molar-refractivity contribution in [2.24, 2.45) is 0 Å². The Bertz CT molecular complexity index is 889. The number of amides is 1. The minimum Gasteiger partial charge on any atom is -0.368 e. The summed E-state index contributed by atoms with van der Waals surface area (Å²) in [5, 5.41) is 1.40. The number of carbonyl (C=O) groups is 1. The van der Waals surface area contributed by atoms with Gasteiger partial charge in [-0.2, -0.15) is 21.6 Å². The molecule has 1 aliphatic heterocycles. The van der Waals surface area contributed by atoms with E-state index >= 15 is 0 Å². The number of carbonyl (C=O) groups excluding carboxylic acids is 1. The Balaban J connectivity index is 2.02. The Labute approximate surface area is 129 Å². The summed E-state index contributed by atoms with van der Waals surface area (Å²) in [4.78, 5) is 11.9. The molecule has 1 fully saturated rings. The summed E-state index contributed by atoms with van der Waals surface area (Å²) < 4.78 is 65.4. The van der Waals surface area contributed by atoms with E-state index in [0.717, 1.165) is 10.1 Å². The van der Waals surface area contributed by atoms with Crippen molar-refractivity contribution in [2.45, 2.75) is 11.6 Å². The van der Waals surface area contributed by atoms with Gasteiger partial charge in [0.1, 0.15) is 6.10 Å². The molecule has 5 nitrogen and oxygen atoms in total. The first-order chi connectivity index (χ1) is 10.7. The van der Waals surface area contributed by atoms with Crippen LogP contribution in [0.25, 0.3) is 10.8 Å². The van der Waals surface area contributed by atoms with Crippen LogP contribution in [0.5, 0.6) is 0 Å². The molecule has 1 amide bonds. The van der Waals surface area contributed by atoms with Gasteiger partial charge in [0.15, 0.2) is 0 Å². The lowest BCUT2D eigenvalue weighted by atomic mass is 9.99. The molecule has 0 saturated carbocycles. The summed E-state index contributed by atoms with van der Waals surface area (Å²) in [5.41, 5.74) is -5.10. The number of nitrogens with one attached hydrogen (secondary N) is 1. The fraction of sp³-hybridized carbons (Fsp3) is 0.214. The van der Waals surface area contributed by atoms with Crippen molar-refractivity contribution in [3.8, 4) is 0 Å². The molecule has 3 rings (SSSR count). The van der Waals surface area contributed by atoms with E-state index in [2.05, 4.69) is 0 Å². The second kappa shape index (κ2) is 5.20. The maximum atomic E-state index is 12.4. The Kier molecular flexibility index (Phi) is 3.56. The number of hydrogen-bond acceptors (Lipinski definition) is 4. The monoisotopic (exact) mass is 345 g/mol. The van der Waals surface area contributed by atoms with E-state index < -0.39 is 21.4 Å². The predicted octanol–water partition coefficient (Wildman–Crippen LogP) is 2.49. The molecule has 9 heteroatoms. The molecule has 122 valence electrons. The van der Waals surface area contributed by atoms with Crippen LogP contribution in [0.15, 0.2) is 36.4 Å². The molecule has 2 aromatic carbocycles. The van der Waals surface area contributed by atoms with Crippen molar-refractivity contribution in [3.05, 3.63) is 47.5 Å². The van der Waals surface area contributed by atoms with Crippen LogP contribution in [0.4, 0.5) is 13.2 Å². The number of benzene rings is 2. The van der Waals surface area contributed by atoms with Crippen molar-refractivity contribution in [1.82, 2.24) is 4.72 Å². The van der Waals surface area contributed by atoms with Gasteiger partial charge >= 0.3 is 15.5 Å². The number of sulfonamides is 1. The van der Waals surface area contributed by atoms with Crippen LogP contribution < -0.4 is 4.72 Å². The highest BCUT2D eigenvalue weighted by atomic mass is 32.2. The molecule has 23 heavy (non-hydrogen) atoms. The number of fused-ring (bicyclic) bond motifs is 1. The zero-order valence-corrected chi connectivity index (χ0v) is 12.2. The van der Waals surface area contributed by atoms with Crippen LogP contribution in [-0.4, -0.2) is 26.4 Å². The van der Waals surface area contributed by atoms with Gasteiger partial charge in [0.25, 0.3) is 5.91 Å². The highest BCUT2D eigenvalue weighted by Gasteiger charge is 2.47. The molecular formula is C14H10F3NO4S. The quantitative estimate of drug-likeness (QED) is 0.867. The number of halogens is 3. The van der Waals surface area contributed by atoms with Gasteiger partial charge in [0.05, 0.1) is 6.61 Å². The van der Waals surface area contributed by atoms with E-state index in [1.165, 1.54) is 12.1 Å². The standard InChI is InChI=1S/C14H10F3NO4S/c15-14(16,17)23(20,21)18-13(19)9-5-8-3-1-2-4-10(8)11(6-9)12-7-22-12/h1-6,12H,7H2,(H,18,19). The SMILES string of the molecule is O=C(NS(=O)(=O)C(F)(F)F)c1cc(C2CO2)c2ccccc2c1. The molecule has 0 spiro atoms. The van der Waals surface area contributed by atoms with Gasteiger partial charge in [-0.3, -0.25) is 4.79 Å². The van der Waals surface area contributed by atoms with Crippen molar-refractivity contribution < 1.29 is 31.1 Å². The third kappa shape index (κ3) is 3.02. The Morgan fingerprint density at radius 1 is 1.22 bits per heavy atom. The maximum absolute atomic E-state index is 12.4. The van der Waals surface area contributed by atoms with Crippen LogP contribution in [-0.2, 0) is 14.8 Å². The van der Waals surface area contributed by atoms with Gasteiger partial charge in [-0.25, -0.2) is 4.72 Å². The average molecular weight is 345 g/mol. The lowest BCUT2D eigenvalue weighted by molar-refractivity contribution is -0.0446. The molecule has 1 N–H and O–H groups in total. The first kappa shape index (κ1) is 15.8. The number of epoxide rings is 1. The molecule has 0 bridgehead atoms. The molecular weight excluding hydrogens is 335 g/mol. The number of ether oxygens (including phenoxy) is 1. The summed E-state index contributed by atoms with van der Waals surface area (Å²) in [5.74, 6) is -1.34. The van der Waals surface area contributed by atoms with Gasteiger partial charge in [-0.1, -0.05) is 24.3 Å². The van der Waals surface area contributed by atoms with Gasteiger partial charge in [-0.05, 0) is 28.5 Å². The summed E-state index contributed by atoms with van der Waals surface area (Å²) in [6.07, 6.45) is -0.244. The van der Waals surface area contributed by atoms with Gasteiger partial charge < -0.3 is 4.74 Å². The van der Waals surface area contributed by atoms with Crippen LogP contribution in [0.2, 0.25) is 0 Å². The highest BCUT2D eigenvalue weighted by molar-refractivity contribution is 7.90. The fourth-order valence-electron chi connectivity index (χ4n) is 2.20. The third-order valence-corrected chi connectivity index (χ3v) is 4.43. The highest BCUT2D eigenvalue weighted by Crippen LogP contribution is 2.36. The van der Waals surface area contributed by atoms with Gasteiger partial charge in [0, 0.05) is 5.56 Å². The van der Waals surface area contributed by atoms with Gasteiger partial charge in [-0.15, -0.1) is 0 Å². The van der Waals surface area contributed by atoms with Crippen LogP contribution in [0.1, 0.15) is 22.0 Å². The summed E-state index contributed by atoms with van der Waals surface area (Å²) in [6.45, 7) is 0.440. The summed E-state index contributed by atoms with van der Waals surface area (Å²) in [7, 11) is -5.75. The average Bonchev–Trinajstić information content (AvgIpc) is 3.29.